The third-order valence-corrected chi connectivity index (χ3v) is 2.69. The molecule has 102 valence electrons. The highest BCUT2D eigenvalue weighted by molar-refractivity contribution is 5.81. The first-order valence-corrected chi connectivity index (χ1v) is 6.03. The van der Waals surface area contributed by atoms with E-state index >= 15 is 0 Å². The Morgan fingerprint density at radius 1 is 1.35 bits per heavy atom. The molecule has 3 aromatic rings. The highest BCUT2D eigenvalue weighted by Crippen LogP contribution is 2.25. The van der Waals surface area contributed by atoms with Gasteiger partial charge in [-0.25, -0.2) is 0 Å². The fraction of sp³-hybridized carbons (Fsp3) is 0.154. The van der Waals surface area contributed by atoms with Gasteiger partial charge >= 0.3 is 0 Å². The summed E-state index contributed by atoms with van der Waals surface area (Å²) in [6, 6.07) is 9.48. The maximum Gasteiger partial charge on any atom is 0.241 e. The van der Waals surface area contributed by atoms with Gasteiger partial charge in [0.1, 0.15) is 5.58 Å². The average molecular weight is 272 g/mol. The minimum absolute atomic E-state index is 0.0579. The highest BCUT2D eigenvalue weighted by atomic mass is 16.5. The Labute approximate surface area is 113 Å². The van der Waals surface area contributed by atoms with Crippen molar-refractivity contribution < 1.29 is 13.7 Å². The molecule has 3 rings (SSSR count). The van der Waals surface area contributed by atoms with Gasteiger partial charge < -0.3 is 14.7 Å². The van der Waals surface area contributed by atoms with Gasteiger partial charge in [-0.1, -0.05) is 23.4 Å². The third-order valence-electron chi connectivity index (χ3n) is 2.69. The number of aromatic nitrogens is 2. The van der Waals surface area contributed by atoms with Gasteiger partial charge in [0.2, 0.25) is 17.6 Å². The van der Waals surface area contributed by atoms with Gasteiger partial charge in [0.05, 0.1) is 13.1 Å². The Morgan fingerprint density at radius 3 is 3.00 bits per heavy atom. The fourth-order valence-corrected chi connectivity index (χ4v) is 1.81. The lowest BCUT2D eigenvalue weighted by molar-refractivity contribution is -0.117. The number of amides is 1. The van der Waals surface area contributed by atoms with Crippen molar-refractivity contribution in [1.82, 2.24) is 15.5 Å². The molecule has 0 aliphatic heterocycles. The molecule has 0 fully saturated rings. The minimum atomic E-state index is -0.443. The van der Waals surface area contributed by atoms with Crippen molar-refractivity contribution in [3.05, 3.63) is 36.2 Å². The predicted octanol–water partition coefficient (Wildman–Crippen LogP) is 1.06. The second-order valence-electron chi connectivity index (χ2n) is 4.23. The summed E-state index contributed by atoms with van der Waals surface area (Å²) in [5.41, 5.74) is 5.78. The molecule has 0 unspecified atom stereocenters. The van der Waals surface area contributed by atoms with E-state index in [1.165, 1.54) is 0 Å². The number of carbonyl (C=O) groups is 1. The van der Waals surface area contributed by atoms with E-state index < -0.39 is 5.91 Å². The summed E-state index contributed by atoms with van der Waals surface area (Å²) in [5.74, 6) is 0.830. The minimum Gasteiger partial charge on any atom is -0.453 e. The summed E-state index contributed by atoms with van der Waals surface area (Å²) in [4.78, 5) is 14.8. The SMILES string of the molecule is NC(=O)CNCc1nc(-c2cc3ccccc3o2)no1. The van der Waals surface area contributed by atoms with Crippen molar-refractivity contribution in [2.75, 3.05) is 6.54 Å². The first kappa shape index (κ1) is 12.4. The van der Waals surface area contributed by atoms with Crippen LogP contribution in [0.2, 0.25) is 0 Å². The highest BCUT2D eigenvalue weighted by Gasteiger charge is 2.13. The summed E-state index contributed by atoms with van der Waals surface area (Å²) in [6.45, 7) is 0.332. The lowest BCUT2D eigenvalue weighted by Crippen LogP contribution is -2.28. The Bertz CT molecular complexity index is 714. The number of nitrogens with two attached hydrogens (primary N) is 1. The maximum absolute atomic E-state index is 10.6. The molecule has 0 spiro atoms. The average Bonchev–Trinajstić information content (AvgIpc) is 3.03. The van der Waals surface area contributed by atoms with Crippen LogP contribution < -0.4 is 11.1 Å². The number of primary amides is 1. The van der Waals surface area contributed by atoms with E-state index in [4.69, 9.17) is 14.7 Å². The molecule has 0 aliphatic carbocycles. The van der Waals surface area contributed by atoms with Crippen LogP contribution in [-0.2, 0) is 11.3 Å². The van der Waals surface area contributed by atoms with Crippen LogP contribution in [0, 0.1) is 0 Å². The second kappa shape index (κ2) is 5.14. The smallest absolute Gasteiger partial charge is 0.241 e. The van der Waals surface area contributed by atoms with Gasteiger partial charge in [0, 0.05) is 5.39 Å². The molecule has 7 heteroatoms. The van der Waals surface area contributed by atoms with Crippen molar-refractivity contribution >= 4 is 16.9 Å². The van der Waals surface area contributed by atoms with Crippen LogP contribution in [0.4, 0.5) is 0 Å². The zero-order valence-electron chi connectivity index (χ0n) is 10.5. The quantitative estimate of drug-likeness (QED) is 0.719. The number of hydrogen-bond donors (Lipinski definition) is 2. The van der Waals surface area contributed by atoms with Crippen molar-refractivity contribution in [2.45, 2.75) is 6.54 Å². The summed E-state index contributed by atoms with van der Waals surface area (Å²) < 4.78 is 10.7. The van der Waals surface area contributed by atoms with E-state index in [0.29, 0.717) is 17.5 Å². The molecule has 0 bridgehead atoms. The van der Waals surface area contributed by atoms with Crippen LogP contribution in [0.25, 0.3) is 22.6 Å². The monoisotopic (exact) mass is 272 g/mol. The molecule has 2 heterocycles. The van der Waals surface area contributed by atoms with Crippen molar-refractivity contribution in [2.24, 2.45) is 5.73 Å². The normalized spacial score (nSPS) is 11.0. The molecule has 20 heavy (non-hydrogen) atoms. The lowest BCUT2D eigenvalue weighted by atomic mass is 10.2. The molecule has 1 aromatic carbocycles. The Kier molecular flexibility index (Phi) is 3.18. The van der Waals surface area contributed by atoms with E-state index in [1.807, 2.05) is 30.3 Å². The molecular formula is C13H12N4O3. The zero-order valence-corrected chi connectivity index (χ0v) is 10.5. The molecule has 2 aromatic heterocycles. The second-order valence-corrected chi connectivity index (χ2v) is 4.23. The first-order valence-electron chi connectivity index (χ1n) is 6.03. The topological polar surface area (TPSA) is 107 Å². The summed E-state index contributed by atoms with van der Waals surface area (Å²) in [7, 11) is 0. The van der Waals surface area contributed by atoms with Gasteiger partial charge in [-0.15, -0.1) is 0 Å². The number of hydrogen-bond acceptors (Lipinski definition) is 6. The number of rotatable bonds is 5. The lowest BCUT2D eigenvalue weighted by Gasteiger charge is -1.95. The predicted molar refractivity (Wildman–Crippen MR) is 70.4 cm³/mol. The number of fused-ring (bicyclic) bond motifs is 1. The van der Waals surface area contributed by atoms with Crippen molar-refractivity contribution in [1.29, 1.82) is 0 Å². The Hall–Kier alpha value is -2.67. The zero-order chi connectivity index (χ0) is 13.9. The van der Waals surface area contributed by atoms with Crippen LogP contribution in [0.15, 0.2) is 39.3 Å². The molecule has 0 saturated heterocycles. The van der Waals surface area contributed by atoms with Crippen LogP contribution in [-0.4, -0.2) is 22.6 Å². The maximum atomic E-state index is 10.6. The molecule has 0 radical (unpaired) electrons. The van der Waals surface area contributed by atoms with Gasteiger partial charge in [-0.05, 0) is 12.1 Å². The third kappa shape index (κ3) is 2.52. The molecule has 7 nitrogen and oxygen atoms in total. The van der Waals surface area contributed by atoms with Crippen LogP contribution in [0.5, 0.6) is 0 Å². The fourth-order valence-electron chi connectivity index (χ4n) is 1.81. The van der Waals surface area contributed by atoms with E-state index in [2.05, 4.69) is 15.5 Å². The molecule has 0 atom stereocenters. The molecule has 1 amide bonds. The molecule has 0 aliphatic rings. The van der Waals surface area contributed by atoms with Gasteiger partial charge in [-0.2, -0.15) is 4.98 Å². The van der Waals surface area contributed by atoms with E-state index in [-0.39, 0.29) is 13.1 Å². The standard InChI is InChI=1S/C13H12N4O3/c14-11(18)6-15-7-12-16-13(17-20-12)10-5-8-3-1-2-4-9(8)19-10/h1-5,15H,6-7H2,(H2,14,18). The van der Waals surface area contributed by atoms with E-state index in [1.54, 1.807) is 0 Å². The van der Waals surface area contributed by atoms with Gasteiger partial charge in [0.15, 0.2) is 5.76 Å². The molecule has 0 saturated carbocycles. The summed E-state index contributed by atoms with van der Waals surface area (Å²) >= 11 is 0. The van der Waals surface area contributed by atoms with Crippen molar-refractivity contribution in [3.63, 3.8) is 0 Å². The Morgan fingerprint density at radius 2 is 2.20 bits per heavy atom. The van der Waals surface area contributed by atoms with Gasteiger partial charge in [0.25, 0.3) is 0 Å². The van der Waals surface area contributed by atoms with Crippen LogP contribution in [0.3, 0.4) is 0 Å². The first-order chi connectivity index (χ1) is 9.72. The van der Waals surface area contributed by atoms with E-state index in [0.717, 1.165) is 11.0 Å². The number of carbonyl (C=O) groups excluding carboxylic acids is 1. The Balaban J connectivity index is 1.77. The number of furan rings is 1. The largest absolute Gasteiger partial charge is 0.453 e. The number of benzene rings is 1. The van der Waals surface area contributed by atoms with Crippen LogP contribution >= 0.6 is 0 Å². The molecule has 3 N–H and O–H groups in total. The van der Waals surface area contributed by atoms with Gasteiger partial charge in [-0.3, -0.25) is 10.1 Å². The number of para-hydroxylation sites is 1. The summed E-state index contributed by atoms with van der Waals surface area (Å²) in [6.07, 6.45) is 0. The van der Waals surface area contributed by atoms with E-state index in [9.17, 15) is 4.79 Å². The number of nitrogens with zero attached hydrogens (tertiary/aromatic N) is 2. The van der Waals surface area contributed by atoms with Crippen LogP contribution in [0.1, 0.15) is 5.89 Å². The number of nitrogens with one attached hydrogen (secondary N) is 1. The molecular weight excluding hydrogens is 260 g/mol. The summed E-state index contributed by atoms with van der Waals surface area (Å²) in [5, 5.41) is 7.61. The van der Waals surface area contributed by atoms with Crippen molar-refractivity contribution in [3.8, 4) is 11.6 Å².